The fourth-order valence-electron chi connectivity index (χ4n) is 2.44. The van der Waals surface area contributed by atoms with E-state index in [0.29, 0.717) is 16.9 Å². The number of amides is 1. The summed E-state index contributed by atoms with van der Waals surface area (Å²) in [5.41, 5.74) is 1.91. The van der Waals surface area contributed by atoms with Crippen LogP contribution in [0.1, 0.15) is 34.5 Å². The molecule has 26 heavy (non-hydrogen) atoms. The lowest BCUT2D eigenvalue weighted by Gasteiger charge is -2.17. The van der Waals surface area contributed by atoms with E-state index in [0.717, 1.165) is 10.0 Å². The van der Waals surface area contributed by atoms with Crippen LogP contribution in [0.2, 0.25) is 0 Å². The van der Waals surface area contributed by atoms with Gasteiger partial charge in [-0.25, -0.2) is 13.1 Å². The molecule has 0 saturated carbocycles. The molecule has 0 aliphatic carbocycles. The minimum atomic E-state index is -3.62. The van der Waals surface area contributed by atoms with E-state index >= 15 is 0 Å². The van der Waals surface area contributed by atoms with Gasteiger partial charge in [0.05, 0.1) is 22.5 Å². The number of hydrogen-bond donors (Lipinski definition) is 2. The Hall–Kier alpha value is -1.90. The maximum Gasteiger partial charge on any atom is 0.252 e. The molecule has 2 N–H and O–H groups in total. The van der Waals surface area contributed by atoms with Crippen molar-refractivity contribution in [1.82, 2.24) is 10.0 Å². The third-order valence-electron chi connectivity index (χ3n) is 4.06. The van der Waals surface area contributed by atoms with E-state index in [2.05, 4.69) is 26.0 Å². The summed E-state index contributed by atoms with van der Waals surface area (Å²) in [6, 6.07) is 9.76. The number of aryl methyl sites for hydroxylation is 1. The topological polar surface area (TPSA) is 84.5 Å². The van der Waals surface area contributed by atoms with Crippen LogP contribution in [0.3, 0.4) is 0 Å². The Kier molecular flexibility index (Phi) is 6.44. The van der Waals surface area contributed by atoms with Crippen molar-refractivity contribution < 1.29 is 17.9 Å². The zero-order chi connectivity index (χ0) is 19.5. The Bertz CT molecular complexity index is 929. The smallest absolute Gasteiger partial charge is 0.252 e. The van der Waals surface area contributed by atoms with Crippen molar-refractivity contribution in [3.63, 3.8) is 0 Å². The molecule has 0 fully saturated rings. The highest BCUT2D eigenvalue weighted by Crippen LogP contribution is 2.28. The first-order valence-corrected chi connectivity index (χ1v) is 10.2. The fourth-order valence-corrected chi connectivity index (χ4v) is 3.75. The summed E-state index contributed by atoms with van der Waals surface area (Å²) in [7, 11) is -0.700. The van der Waals surface area contributed by atoms with Gasteiger partial charge >= 0.3 is 0 Å². The zero-order valence-electron chi connectivity index (χ0n) is 15.0. The van der Waals surface area contributed by atoms with Gasteiger partial charge in [-0.05, 0) is 72.2 Å². The number of benzene rings is 2. The lowest BCUT2D eigenvalue weighted by molar-refractivity contribution is 0.0939. The quantitative estimate of drug-likeness (QED) is 0.722. The lowest BCUT2D eigenvalue weighted by Crippen LogP contribution is -2.28. The van der Waals surface area contributed by atoms with Crippen molar-refractivity contribution in [1.29, 1.82) is 0 Å². The molecule has 0 spiro atoms. The maximum atomic E-state index is 12.7. The summed E-state index contributed by atoms with van der Waals surface area (Å²) in [4.78, 5) is 12.7. The standard InChI is InChI=1S/C18H21BrN2O4S/c1-11-5-7-14(26(23,24)20-3)10-15(11)18(22)21-12(2)13-6-8-17(25-4)16(19)9-13/h5-10,12,20H,1-4H3,(H,21,22). The lowest BCUT2D eigenvalue weighted by atomic mass is 10.1. The van der Waals surface area contributed by atoms with E-state index in [1.54, 1.807) is 20.1 Å². The molecule has 8 heteroatoms. The van der Waals surface area contributed by atoms with E-state index in [4.69, 9.17) is 4.74 Å². The Morgan fingerprint density at radius 2 is 1.88 bits per heavy atom. The minimum Gasteiger partial charge on any atom is -0.496 e. The molecule has 0 aliphatic heterocycles. The van der Waals surface area contributed by atoms with Crippen molar-refractivity contribution in [2.75, 3.05) is 14.2 Å². The fraction of sp³-hybridized carbons (Fsp3) is 0.278. The maximum absolute atomic E-state index is 12.7. The van der Waals surface area contributed by atoms with Crippen LogP contribution in [-0.4, -0.2) is 28.5 Å². The van der Waals surface area contributed by atoms with Crippen molar-refractivity contribution >= 4 is 31.9 Å². The number of carbonyl (C=O) groups excluding carboxylic acids is 1. The molecule has 6 nitrogen and oxygen atoms in total. The highest BCUT2D eigenvalue weighted by Gasteiger charge is 2.18. The van der Waals surface area contributed by atoms with Gasteiger partial charge < -0.3 is 10.1 Å². The largest absolute Gasteiger partial charge is 0.496 e. The summed E-state index contributed by atoms with van der Waals surface area (Å²) >= 11 is 3.43. The third kappa shape index (κ3) is 4.44. The number of methoxy groups -OCH3 is 1. The molecule has 0 aliphatic rings. The molecule has 2 rings (SSSR count). The molecule has 1 amide bonds. The van der Waals surface area contributed by atoms with Crippen molar-refractivity contribution in [2.45, 2.75) is 24.8 Å². The summed E-state index contributed by atoms with van der Waals surface area (Å²) < 4.78 is 32.2. The Balaban J connectivity index is 2.27. The van der Waals surface area contributed by atoms with E-state index < -0.39 is 10.0 Å². The normalized spacial score (nSPS) is 12.5. The number of halogens is 1. The molecule has 0 aromatic heterocycles. The Morgan fingerprint density at radius 3 is 2.46 bits per heavy atom. The number of sulfonamides is 1. The van der Waals surface area contributed by atoms with Crippen LogP contribution in [0.5, 0.6) is 5.75 Å². The average Bonchev–Trinajstić information content (AvgIpc) is 2.61. The van der Waals surface area contributed by atoms with E-state index in [9.17, 15) is 13.2 Å². The predicted octanol–water partition coefficient (Wildman–Crippen LogP) is 3.17. The van der Waals surface area contributed by atoms with E-state index in [1.165, 1.54) is 19.2 Å². The Labute approximate surface area is 162 Å². The summed E-state index contributed by atoms with van der Waals surface area (Å²) in [5.74, 6) is 0.364. The van der Waals surface area contributed by atoms with Crippen molar-refractivity contribution in [3.8, 4) is 5.75 Å². The summed E-state index contributed by atoms with van der Waals surface area (Å²) in [6.45, 7) is 3.62. The van der Waals surface area contributed by atoms with Crippen molar-refractivity contribution in [2.24, 2.45) is 0 Å². The van der Waals surface area contributed by atoms with Crippen LogP contribution in [0.15, 0.2) is 45.8 Å². The van der Waals surface area contributed by atoms with Gasteiger partial charge in [-0.15, -0.1) is 0 Å². The van der Waals surface area contributed by atoms with E-state index in [1.807, 2.05) is 25.1 Å². The summed E-state index contributed by atoms with van der Waals surface area (Å²) in [5, 5.41) is 2.90. The van der Waals surface area contributed by atoms with Crippen LogP contribution in [0, 0.1) is 6.92 Å². The van der Waals surface area contributed by atoms with Crippen LogP contribution in [0.25, 0.3) is 0 Å². The number of nitrogens with one attached hydrogen (secondary N) is 2. The van der Waals surface area contributed by atoms with Crippen molar-refractivity contribution in [3.05, 3.63) is 57.6 Å². The molecule has 1 unspecified atom stereocenters. The molecule has 1 atom stereocenters. The van der Waals surface area contributed by atoms with Gasteiger partial charge in [-0.3, -0.25) is 4.79 Å². The molecule has 0 bridgehead atoms. The second-order valence-electron chi connectivity index (χ2n) is 5.77. The van der Waals surface area contributed by atoms with Gasteiger partial charge in [-0.2, -0.15) is 0 Å². The SMILES string of the molecule is CNS(=O)(=O)c1ccc(C)c(C(=O)NC(C)c2ccc(OC)c(Br)c2)c1. The van der Waals surface area contributed by atoms with Gasteiger partial charge in [-0.1, -0.05) is 12.1 Å². The molecule has 2 aromatic carbocycles. The first-order chi connectivity index (χ1) is 12.2. The van der Waals surface area contributed by atoms with Crippen LogP contribution >= 0.6 is 15.9 Å². The molecule has 0 saturated heterocycles. The molecular formula is C18H21BrN2O4S. The molecular weight excluding hydrogens is 420 g/mol. The van der Waals surface area contributed by atoms with Gasteiger partial charge in [0.1, 0.15) is 5.75 Å². The highest BCUT2D eigenvalue weighted by molar-refractivity contribution is 9.10. The number of ether oxygens (including phenoxy) is 1. The number of rotatable bonds is 6. The molecule has 0 radical (unpaired) electrons. The predicted molar refractivity (Wildman–Crippen MR) is 104 cm³/mol. The summed E-state index contributed by atoms with van der Waals surface area (Å²) in [6.07, 6.45) is 0. The highest BCUT2D eigenvalue weighted by atomic mass is 79.9. The molecule has 0 heterocycles. The molecule has 140 valence electrons. The second-order valence-corrected chi connectivity index (χ2v) is 8.51. The van der Waals surface area contributed by atoms with Gasteiger partial charge in [0.25, 0.3) is 5.91 Å². The van der Waals surface area contributed by atoms with E-state index in [-0.39, 0.29) is 16.8 Å². The van der Waals surface area contributed by atoms with Crippen LogP contribution in [0.4, 0.5) is 0 Å². The molecule has 2 aromatic rings. The monoisotopic (exact) mass is 440 g/mol. The number of hydrogen-bond acceptors (Lipinski definition) is 4. The average molecular weight is 441 g/mol. The van der Waals surface area contributed by atoms with Crippen LogP contribution in [-0.2, 0) is 10.0 Å². The second kappa shape index (κ2) is 8.20. The third-order valence-corrected chi connectivity index (χ3v) is 6.09. The zero-order valence-corrected chi connectivity index (χ0v) is 17.4. The van der Waals surface area contributed by atoms with Gasteiger partial charge in [0.2, 0.25) is 10.0 Å². The Morgan fingerprint density at radius 1 is 1.19 bits per heavy atom. The first-order valence-electron chi connectivity index (χ1n) is 7.88. The van der Waals surface area contributed by atoms with Gasteiger partial charge in [0, 0.05) is 5.56 Å². The minimum absolute atomic E-state index is 0.0515. The first kappa shape index (κ1) is 20.4. The van der Waals surface area contributed by atoms with Crippen LogP contribution < -0.4 is 14.8 Å². The van der Waals surface area contributed by atoms with Gasteiger partial charge in [0.15, 0.2) is 0 Å². The number of carbonyl (C=O) groups is 1.